The van der Waals surface area contributed by atoms with Gasteiger partial charge >= 0.3 is 5.97 Å². The molecule has 0 fully saturated rings. The summed E-state index contributed by atoms with van der Waals surface area (Å²) in [5.74, 6) is -0.371. The van der Waals surface area contributed by atoms with Crippen molar-refractivity contribution in [1.29, 1.82) is 5.41 Å². The summed E-state index contributed by atoms with van der Waals surface area (Å²) in [7, 11) is 1.32. The number of carbonyl (C=O) groups excluding carboxylic acids is 1. The van der Waals surface area contributed by atoms with Gasteiger partial charge in [-0.2, -0.15) is 0 Å². The summed E-state index contributed by atoms with van der Waals surface area (Å²) in [5.41, 5.74) is 6.81. The third kappa shape index (κ3) is 3.27. The molecule has 15 heavy (non-hydrogen) atoms. The Morgan fingerprint density at radius 2 is 2.00 bits per heavy atom. The first kappa shape index (κ1) is 11.0. The number of esters is 1. The molecule has 0 saturated carbocycles. The van der Waals surface area contributed by atoms with E-state index in [0.717, 1.165) is 5.56 Å². The lowest BCUT2D eigenvalue weighted by atomic mass is 10.1. The van der Waals surface area contributed by atoms with Crippen molar-refractivity contribution in [2.45, 2.75) is 0 Å². The first-order chi connectivity index (χ1) is 7.13. The Morgan fingerprint density at radius 1 is 1.40 bits per heavy atom. The van der Waals surface area contributed by atoms with Crippen LogP contribution in [-0.2, 0) is 9.53 Å². The number of amidine groups is 1. The van der Waals surface area contributed by atoms with E-state index in [2.05, 4.69) is 4.74 Å². The largest absolute Gasteiger partial charge is 0.466 e. The molecule has 4 nitrogen and oxygen atoms in total. The van der Waals surface area contributed by atoms with E-state index in [4.69, 9.17) is 11.1 Å². The molecule has 0 saturated heterocycles. The summed E-state index contributed by atoms with van der Waals surface area (Å²) in [5, 5.41) is 7.19. The molecule has 0 aliphatic heterocycles. The Hall–Kier alpha value is -2.10. The summed E-state index contributed by atoms with van der Waals surface area (Å²) < 4.78 is 4.45. The molecule has 0 unspecified atom stereocenters. The number of hydrogen-bond donors (Lipinski definition) is 2. The van der Waals surface area contributed by atoms with E-state index in [1.165, 1.54) is 13.2 Å². The monoisotopic (exact) mass is 204 g/mol. The van der Waals surface area contributed by atoms with E-state index in [1.54, 1.807) is 30.3 Å². The zero-order chi connectivity index (χ0) is 11.3. The van der Waals surface area contributed by atoms with Crippen LogP contribution in [-0.4, -0.2) is 18.9 Å². The van der Waals surface area contributed by atoms with Crippen molar-refractivity contribution in [2.75, 3.05) is 7.11 Å². The lowest BCUT2D eigenvalue weighted by molar-refractivity contribution is -0.134. The van der Waals surface area contributed by atoms with Gasteiger partial charge in [-0.25, -0.2) is 4.79 Å². The lowest BCUT2D eigenvalue weighted by Crippen LogP contribution is -2.10. The Balaban J connectivity index is 2.77. The second-order valence-electron chi connectivity index (χ2n) is 2.89. The van der Waals surface area contributed by atoms with Gasteiger partial charge in [-0.1, -0.05) is 24.3 Å². The lowest BCUT2D eigenvalue weighted by Gasteiger charge is -1.98. The van der Waals surface area contributed by atoms with Gasteiger partial charge in [0.2, 0.25) is 0 Å². The maximum atomic E-state index is 10.8. The van der Waals surface area contributed by atoms with Crippen LogP contribution in [0, 0.1) is 5.41 Å². The Labute approximate surface area is 87.9 Å². The smallest absolute Gasteiger partial charge is 0.330 e. The standard InChI is InChI=1S/C11H12N2O2/c1-15-10(14)7-4-8-2-5-9(6-3-8)11(12)13/h2-7H,1H3,(H3,12,13)/b7-4+. The van der Waals surface area contributed by atoms with Crippen LogP contribution in [0.25, 0.3) is 6.08 Å². The highest BCUT2D eigenvalue weighted by molar-refractivity contribution is 5.95. The number of nitrogen functional groups attached to an aromatic ring is 1. The van der Waals surface area contributed by atoms with Gasteiger partial charge in [0.25, 0.3) is 0 Å². The molecule has 4 heteroatoms. The van der Waals surface area contributed by atoms with Crippen molar-refractivity contribution in [3.63, 3.8) is 0 Å². The van der Waals surface area contributed by atoms with Gasteiger partial charge in [-0.3, -0.25) is 5.41 Å². The number of carbonyl (C=O) groups is 1. The number of rotatable bonds is 3. The molecular weight excluding hydrogens is 192 g/mol. The minimum absolute atomic E-state index is 0.0264. The molecule has 3 N–H and O–H groups in total. The Bertz CT molecular complexity index is 394. The molecule has 1 aromatic rings. The molecule has 0 aliphatic rings. The first-order valence-electron chi connectivity index (χ1n) is 4.34. The van der Waals surface area contributed by atoms with Crippen LogP contribution in [0.5, 0.6) is 0 Å². The Morgan fingerprint density at radius 3 is 2.47 bits per heavy atom. The summed E-state index contributed by atoms with van der Waals surface area (Å²) in [4.78, 5) is 10.8. The average Bonchev–Trinajstić information content (AvgIpc) is 2.26. The number of nitrogens with two attached hydrogens (primary N) is 1. The molecule has 0 amide bonds. The van der Waals surface area contributed by atoms with Gasteiger partial charge in [-0.15, -0.1) is 0 Å². The second-order valence-corrected chi connectivity index (χ2v) is 2.89. The third-order valence-corrected chi connectivity index (χ3v) is 1.83. The maximum absolute atomic E-state index is 10.8. The zero-order valence-electron chi connectivity index (χ0n) is 8.36. The van der Waals surface area contributed by atoms with Crippen molar-refractivity contribution < 1.29 is 9.53 Å². The molecule has 0 radical (unpaired) electrons. The highest BCUT2D eigenvalue weighted by Gasteiger charge is 1.95. The number of benzene rings is 1. The molecule has 0 atom stereocenters. The van der Waals surface area contributed by atoms with Crippen molar-refractivity contribution in [3.05, 3.63) is 41.5 Å². The molecular formula is C11H12N2O2. The number of ether oxygens (including phenoxy) is 1. The van der Waals surface area contributed by atoms with Crippen LogP contribution in [0.3, 0.4) is 0 Å². The summed E-state index contributed by atoms with van der Waals surface area (Å²) >= 11 is 0. The molecule has 0 aromatic heterocycles. The van der Waals surface area contributed by atoms with Crippen LogP contribution >= 0.6 is 0 Å². The van der Waals surface area contributed by atoms with Crippen molar-refractivity contribution in [2.24, 2.45) is 5.73 Å². The van der Waals surface area contributed by atoms with Gasteiger partial charge < -0.3 is 10.5 Å². The second kappa shape index (κ2) is 4.95. The van der Waals surface area contributed by atoms with Crippen molar-refractivity contribution in [3.8, 4) is 0 Å². The van der Waals surface area contributed by atoms with Gasteiger partial charge in [0.05, 0.1) is 7.11 Å². The SMILES string of the molecule is COC(=O)/C=C/c1ccc(C(=N)N)cc1. The normalized spacial score (nSPS) is 10.2. The van der Waals surface area contributed by atoms with Crippen LogP contribution in [0.2, 0.25) is 0 Å². The molecule has 78 valence electrons. The van der Waals surface area contributed by atoms with Crippen LogP contribution in [0.1, 0.15) is 11.1 Å². The van der Waals surface area contributed by atoms with Crippen molar-refractivity contribution >= 4 is 17.9 Å². The predicted molar refractivity (Wildman–Crippen MR) is 58.5 cm³/mol. The average molecular weight is 204 g/mol. The highest BCUT2D eigenvalue weighted by atomic mass is 16.5. The van der Waals surface area contributed by atoms with Crippen molar-refractivity contribution in [1.82, 2.24) is 0 Å². The quantitative estimate of drug-likeness (QED) is 0.335. The molecule has 1 aromatic carbocycles. The van der Waals surface area contributed by atoms with E-state index in [1.807, 2.05) is 0 Å². The molecule has 1 rings (SSSR count). The van der Waals surface area contributed by atoms with E-state index >= 15 is 0 Å². The maximum Gasteiger partial charge on any atom is 0.330 e. The highest BCUT2D eigenvalue weighted by Crippen LogP contribution is 2.05. The van der Waals surface area contributed by atoms with Gasteiger partial charge in [-0.05, 0) is 11.6 Å². The van der Waals surface area contributed by atoms with E-state index in [0.29, 0.717) is 5.56 Å². The molecule has 0 aliphatic carbocycles. The predicted octanol–water partition coefficient (Wildman–Crippen LogP) is 1.16. The fraction of sp³-hybridized carbons (Fsp3) is 0.0909. The number of methoxy groups -OCH3 is 1. The zero-order valence-corrected chi connectivity index (χ0v) is 8.36. The first-order valence-corrected chi connectivity index (χ1v) is 4.34. The van der Waals surface area contributed by atoms with E-state index in [-0.39, 0.29) is 5.84 Å². The van der Waals surface area contributed by atoms with E-state index < -0.39 is 5.97 Å². The number of nitrogens with one attached hydrogen (secondary N) is 1. The summed E-state index contributed by atoms with van der Waals surface area (Å²) in [6, 6.07) is 6.99. The summed E-state index contributed by atoms with van der Waals surface area (Å²) in [6.45, 7) is 0. The minimum Gasteiger partial charge on any atom is -0.466 e. The van der Waals surface area contributed by atoms with Gasteiger partial charge in [0.1, 0.15) is 5.84 Å². The van der Waals surface area contributed by atoms with Crippen LogP contribution in [0.15, 0.2) is 30.3 Å². The van der Waals surface area contributed by atoms with Crippen LogP contribution < -0.4 is 5.73 Å². The fourth-order valence-corrected chi connectivity index (χ4v) is 1.01. The summed E-state index contributed by atoms with van der Waals surface area (Å²) in [6.07, 6.45) is 2.97. The minimum atomic E-state index is -0.398. The molecule has 0 bridgehead atoms. The molecule has 0 spiro atoms. The van der Waals surface area contributed by atoms with E-state index in [9.17, 15) is 4.79 Å². The number of hydrogen-bond acceptors (Lipinski definition) is 3. The van der Waals surface area contributed by atoms with Gasteiger partial charge in [0, 0.05) is 11.6 Å². The fourth-order valence-electron chi connectivity index (χ4n) is 1.01. The third-order valence-electron chi connectivity index (χ3n) is 1.83. The molecule has 0 heterocycles. The van der Waals surface area contributed by atoms with Gasteiger partial charge in [0.15, 0.2) is 0 Å². The topological polar surface area (TPSA) is 76.2 Å². The Kier molecular flexibility index (Phi) is 3.62. The van der Waals surface area contributed by atoms with Crippen LogP contribution in [0.4, 0.5) is 0 Å².